The topological polar surface area (TPSA) is 51.5 Å². The third-order valence-corrected chi connectivity index (χ3v) is 2.99. The normalized spacial score (nSPS) is 10.3. The molecule has 0 aliphatic carbocycles. The second-order valence-electron chi connectivity index (χ2n) is 4.87. The number of aryl methyl sites for hydroxylation is 3. The summed E-state index contributed by atoms with van der Waals surface area (Å²) < 4.78 is 10.8. The Hall–Kier alpha value is -2.23. The average Bonchev–Trinajstić information content (AvgIpc) is 2.88. The van der Waals surface area contributed by atoms with Crippen molar-refractivity contribution < 1.29 is 13.9 Å². The van der Waals surface area contributed by atoms with Crippen LogP contribution >= 0.6 is 0 Å². The first-order chi connectivity index (χ1) is 9.56. The Kier molecular flexibility index (Phi) is 4.45. The van der Waals surface area contributed by atoms with E-state index in [9.17, 15) is 4.79 Å². The van der Waals surface area contributed by atoms with Crippen LogP contribution in [0, 0.1) is 20.8 Å². The Balaban J connectivity index is 1.87. The number of rotatable bonds is 5. The van der Waals surface area contributed by atoms with E-state index in [-0.39, 0.29) is 12.5 Å². The van der Waals surface area contributed by atoms with Gasteiger partial charge >= 0.3 is 0 Å². The minimum atomic E-state index is -0.166. The molecule has 106 valence electrons. The van der Waals surface area contributed by atoms with E-state index in [1.165, 1.54) is 5.56 Å². The van der Waals surface area contributed by atoms with Gasteiger partial charge in [0.2, 0.25) is 0 Å². The van der Waals surface area contributed by atoms with E-state index in [2.05, 4.69) is 5.32 Å². The van der Waals surface area contributed by atoms with Gasteiger partial charge in [0, 0.05) is 0 Å². The Labute approximate surface area is 118 Å². The minimum absolute atomic E-state index is 0.00541. The maximum absolute atomic E-state index is 11.7. The summed E-state index contributed by atoms with van der Waals surface area (Å²) in [5.74, 6) is 1.34. The van der Waals surface area contributed by atoms with Gasteiger partial charge in [0.25, 0.3) is 5.91 Å². The fraction of sp³-hybridized carbons (Fsp3) is 0.312. The van der Waals surface area contributed by atoms with Crippen molar-refractivity contribution in [2.45, 2.75) is 27.3 Å². The molecule has 1 heterocycles. The first-order valence-corrected chi connectivity index (χ1v) is 6.56. The molecule has 0 saturated carbocycles. The van der Waals surface area contributed by atoms with Crippen LogP contribution in [0.15, 0.2) is 34.9 Å². The van der Waals surface area contributed by atoms with Gasteiger partial charge in [-0.15, -0.1) is 0 Å². The maximum Gasteiger partial charge on any atom is 0.258 e. The van der Waals surface area contributed by atoms with E-state index in [4.69, 9.17) is 9.15 Å². The van der Waals surface area contributed by atoms with Gasteiger partial charge in [0.15, 0.2) is 6.61 Å². The van der Waals surface area contributed by atoms with Crippen LogP contribution in [0.5, 0.6) is 5.75 Å². The number of nitrogens with one attached hydrogen (secondary N) is 1. The van der Waals surface area contributed by atoms with Crippen molar-refractivity contribution in [3.63, 3.8) is 0 Å². The first kappa shape index (κ1) is 14.2. The van der Waals surface area contributed by atoms with E-state index in [1.54, 1.807) is 12.3 Å². The Morgan fingerprint density at radius 3 is 2.55 bits per heavy atom. The third-order valence-electron chi connectivity index (χ3n) is 2.99. The molecule has 0 bridgehead atoms. The van der Waals surface area contributed by atoms with Gasteiger partial charge in [-0.2, -0.15) is 0 Å². The number of carbonyl (C=O) groups is 1. The molecule has 0 aliphatic rings. The molecule has 1 aromatic heterocycles. The molecule has 2 rings (SSSR count). The van der Waals surface area contributed by atoms with Gasteiger partial charge in [-0.3, -0.25) is 4.79 Å². The molecular weight excluding hydrogens is 254 g/mol. The summed E-state index contributed by atoms with van der Waals surface area (Å²) in [6.45, 7) is 6.39. The highest BCUT2D eigenvalue weighted by Gasteiger charge is 2.08. The molecule has 0 fully saturated rings. The summed E-state index contributed by atoms with van der Waals surface area (Å²) in [6.07, 6.45) is 1.58. The molecule has 4 nitrogen and oxygen atoms in total. The summed E-state index contributed by atoms with van der Waals surface area (Å²) in [7, 11) is 0. The molecule has 0 saturated heterocycles. The standard InChI is InChI=1S/C16H19NO3/c1-11-7-12(2)16(13(3)8-11)20-10-15(18)17-9-14-5-4-6-19-14/h4-8H,9-10H2,1-3H3,(H,17,18). The molecule has 1 aromatic carbocycles. The maximum atomic E-state index is 11.7. The molecule has 0 unspecified atom stereocenters. The largest absolute Gasteiger partial charge is 0.483 e. The first-order valence-electron chi connectivity index (χ1n) is 6.56. The van der Waals surface area contributed by atoms with Crippen molar-refractivity contribution in [1.82, 2.24) is 5.32 Å². The molecule has 4 heteroatoms. The van der Waals surface area contributed by atoms with Gasteiger partial charge in [-0.05, 0) is 44.0 Å². The van der Waals surface area contributed by atoms with Gasteiger partial charge in [-0.25, -0.2) is 0 Å². The summed E-state index contributed by atoms with van der Waals surface area (Å²) in [5.41, 5.74) is 3.28. The van der Waals surface area contributed by atoms with Crippen LogP contribution < -0.4 is 10.1 Å². The zero-order valence-corrected chi connectivity index (χ0v) is 12.0. The van der Waals surface area contributed by atoms with E-state index in [0.717, 1.165) is 22.6 Å². The molecule has 2 aromatic rings. The van der Waals surface area contributed by atoms with Crippen molar-refractivity contribution in [2.24, 2.45) is 0 Å². The highest BCUT2D eigenvalue weighted by Crippen LogP contribution is 2.24. The number of furan rings is 1. The Morgan fingerprint density at radius 1 is 1.25 bits per heavy atom. The fourth-order valence-electron chi connectivity index (χ4n) is 2.18. The molecule has 0 atom stereocenters. The number of ether oxygens (including phenoxy) is 1. The van der Waals surface area contributed by atoms with Gasteiger partial charge in [0.1, 0.15) is 11.5 Å². The average molecular weight is 273 g/mol. The number of carbonyl (C=O) groups excluding carboxylic acids is 1. The van der Waals surface area contributed by atoms with Crippen LogP contribution in [0.3, 0.4) is 0 Å². The molecular formula is C16H19NO3. The van der Waals surface area contributed by atoms with Crippen molar-refractivity contribution in [1.29, 1.82) is 0 Å². The van der Waals surface area contributed by atoms with Crippen LogP contribution in [0.2, 0.25) is 0 Å². The van der Waals surface area contributed by atoms with Gasteiger partial charge < -0.3 is 14.5 Å². The van der Waals surface area contributed by atoms with E-state index in [1.807, 2.05) is 39.0 Å². The van der Waals surface area contributed by atoms with Crippen molar-refractivity contribution in [3.05, 3.63) is 53.0 Å². The van der Waals surface area contributed by atoms with Crippen LogP contribution in [0.25, 0.3) is 0 Å². The lowest BCUT2D eigenvalue weighted by atomic mass is 10.1. The van der Waals surface area contributed by atoms with Crippen molar-refractivity contribution in [2.75, 3.05) is 6.61 Å². The Bertz CT molecular complexity index is 565. The number of hydrogen-bond donors (Lipinski definition) is 1. The summed E-state index contributed by atoms with van der Waals surface area (Å²) in [4.78, 5) is 11.7. The van der Waals surface area contributed by atoms with Crippen molar-refractivity contribution in [3.8, 4) is 5.75 Å². The summed E-state index contributed by atoms with van der Waals surface area (Å²) in [5, 5.41) is 2.75. The zero-order chi connectivity index (χ0) is 14.5. The molecule has 1 amide bonds. The second kappa shape index (κ2) is 6.28. The Morgan fingerprint density at radius 2 is 1.95 bits per heavy atom. The second-order valence-corrected chi connectivity index (χ2v) is 4.87. The summed E-state index contributed by atoms with van der Waals surface area (Å²) >= 11 is 0. The smallest absolute Gasteiger partial charge is 0.258 e. The van der Waals surface area contributed by atoms with Crippen molar-refractivity contribution >= 4 is 5.91 Å². The lowest BCUT2D eigenvalue weighted by Gasteiger charge is -2.12. The van der Waals surface area contributed by atoms with E-state index in [0.29, 0.717) is 6.54 Å². The molecule has 0 radical (unpaired) electrons. The minimum Gasteiger partial charge on any atom is -0.483 e. The van der Waals surface area contributed by atoms with Crippen LogP contribution in [0.1, 0.15) is 22.5 Å². The van der Waals surface area contributed by atoms with Crippen LogP contribution in [-0.4, -0.2) is 12.5 Å². The lowest BCUT2D eigenvalue weighted by Crippen LogP contribution is -2.28. The molecule has 0 aliphatic heterocycles. The van der Waals surface area contributed by atoms with E-state index < -0.39 is 0 Å². The predicted octanol–water partition coefficient (Wildman–Crippen LogP) is 2.90. The summed E-state index contributed by atoms with van der Waals surface area (Å²) in [6, 6.07) is 7.69. The van der Waals surface area contributed by atoms with Crippen LogP contribution in [-0.2, 0) is 11.3 Å². The van der Waals surface area contributed by atoms with Gasteiger partial charge in [-0.1, -0.05) is 17.7 Å². The lowest BCUT2D eigenvalue weighted by molar-refractivity contribution is -0.123. The van der Waals surface area contributed by atoms with Gasteiger partial charge in [0.05, 0.1) is 12.8 Å². The third kappa shape index (κ3) is 3.63. The SMILES string of the molecule is Cc1cc(C)c(OCC(=O)NCc2ccco2)c(C)c1. The highest BCUT2D eigenvalue weighted by atomic mass is 16.5. The zero-order valence-electron chi connectivity index (χ0n) is 12.0. The predicted molar refractivity (Wildman–Crippen MR) is 76.7 cm³/mol. The number of amides is 1. The molecule has 1 N–H and O–H groups in total. The molecule has 0 spiro atoms. The quantitative estimate of drug-likeness (QED) is 0.911. The number of benzene rings is 1. The monoisotopic (exact) mass is 273 g/mol. The van der Waals surface area contributed by atoms with Crippen LogP contribution in [0.4, 0.5) is 0 Å². The fourth-order valence-corrected chi connectivity index (χ4v) is 2.18. The molecule has 20 heavy (non-hydrogen) atoms. The van der Waals surface area contributed by atoms with E-state index >= 15 is 0 Å². The number of hydrogen-bond acceptors (Lipinski definition) is 3. The highest BCUT2D eigenvalue weighted by molar-refractivity contribution is 5.77.